The van der Waals surface area contributed by atoms with Crippen LogP contribution in [0.15, 0.2) is 83.8 Å². The molecule has 0 bridgehead atoms. The monoisotopic (exact) mass is 524 g/mol. The zero-order valence-electron chi connectivity index (χ0n) is 15.2. The third kappa shape index (κ3) is 6.09. The Labute approximate surface area is 182 Å². The molecular formula is C21H18FIN2O3S. The van der Waals surface area contributed by atoms with E-state index in [1.165, 1.54) is 36.4 Å². The van der Waals surface area contributed by atoms with E-state index < -0.39 is 27.8 Å². The molecular weight excluding hydrogens is 506 g/mol. The van der Waals surface area contributed by atoms with E-state index in [1.807, 2.05) is 30.3 Å². The maximum absolute atomic E-state index is 13.1. The lowest BCUT2D eigenvalue weighted by atomic mass is 10.1. The molecule has 0 saturated heterocycles. The number of anilines is 1. The summed E-state index contributed by atoms with van der Waals surface area (Å²) in [6.45, 7) is 0. The molecule has 0 aliphatic rings. The van der Waals surface area contributed by atoms with Gasteiger partial charge in [0.25, 0.3) is 0 Å². The number of hydrogen-bond acceptors (Lipinski definition) is 3. The van der Waals surface area contributed by atoms with E-state index in [0.717, 1.165) is 9.13 Å². The van der Waals surface area contributed by atoms with Crippen molar-refractivity contribution in [1.82, 2.24) is 4.72 Å². The molecule has 0 aliphatic heterocycles. The van der Waals surface area contributed by atoms with E-state index >= 15 is 0 Å². The van der Waals surface area contributed by atoms with Crippen molar-refractivity contribution in [3.8, 4) is 0 Å². The zero-order chi connectivity index (χ0) is 20.9. The van der Waals surface area contributed by atoms with E-state index in [4.69, 9.17) is 0 Å². The molecule has 3 rings (SSSR count). The van der Waals surface area contributed by atoms with E-state index in [-0.39, 0.29) is 11.3 Å². The number of nitrogens with one attached hydrogen (secondary N) is 2. The fourth-order valence-electron chi connectivity index (χ4n) is 2.67. The second-order valence-corrected chi connectivity index (χ2v) is 9.27. The Bertz CT molecular complexity index is 1070. The molecule has 150 valence electrons. The number of halogens is 2. The van der Waals surface area contributed by atoms with Crippen LogP contribution in [-0.4, -0.2) is 20.4 Å². The molecule has 0 aromatic heterocycles. The van der Waals surface area contributed by atoms with Gasteiger partial charge in [-0.05, 0) is 83.1 Å². The second kappa shape index (κ2) is 9.47. The third-order valence-corrected chi connectivity index (χ3v) is 6.34. The average molecular weight is 524 g/mol. The van der Waals surface area contributed by atoms with Crippen LogP contribution in [0.25, 0.3) is 0 Å². The van der Waals surface area contributed by atoms with Crippen molar-refractivity contribution in [3.05, 3.63) is 93.8 Å². The van der Waals surface area contributed by atoms with Crippen LogP contribution in [-0.2, 0) is 21.2 Å². The van der Waals surface area contributed by atoms with Gasteiger partial charge in [0.1, 0.15) is 11.9 Å². The van der Waals surface area contributed by atoms with Crippen LogP contribution < -0.4 is 10.0 Å². The smallest absolute Gasteiger partial charge is 0.242 e. The van der Waals surface area contributed by atoms with Gasteiger partial charge in [0, 0.05) is 9.26 Å². The van der Waals surface area contributed by atoms with Crippen LogP contribution in [0.1, 0.15) is 5.56 Å². The molecule has 2 N–H and O–H groups in total. The van der Waals surface area contributed by atoms with Gasteiger partial charge in [-0.2, -0.15) is 4.72 Å². The van der Waals surface area contributed by atoms with E-state index in [1.54, 1.807) is 12.1 Å². The SMILES string of the molecule is O=C(Nc1ccc(F)cc1)[C@@H](Cc1ccccc1)NS(=O)(=O)c1ccc(I)cc1. The minimum atomic E-state index is -3.91. The van der Waals surface area contributed by atoms with Crippen molar-refractivity contribution in [3.63, 3.8) is 0 Å². The summed E-state index contributed by atoms with van der Waals surface area (Å²) in [7, 11) is -3.91. The first-order valence-electron chi connectivity index (χ1n) is 8.72. The molecule has 1 amide bonds. The normalized spacial score (nSPS) is 12.3. The lowest BCUT2D eigenvalue weighted by Gasteiger charge is -2.19. The predicted octanol–water partition coefficient (Wildman–Crippen LogP) is 3.96. The first-order valence-corrected chi connectivity index (χ1v) is 11.3. The fourth-order valence-corrected chi connectivity index (χ4v) is 4.22. The highest BCUT2D eigenvalue weighted by atomic mass is 127. The number of carbonyl (C=O) groups excluding carboxylic acids is 1. The number of benzene rings is 3. The van der Waals surface area contributed by atoms with Crippen molar-refractivity contribution < 1.29 is 17.6 Å². The minimum Gasteiger partial charge on any atom is -0.325 e. The number of hydrogen-bond donors (Lipinski definition) is 2. The zero-order valence-corrected chi connectivity index (χ0v) is 18.2. The first kappa shape index (κ1) is 21.4. The molecule has 3 aromatic carbocycles. The van der Waals surface area contributed by atoms with Crippen LogP contribution in [0.3, 0.4) is 0 Å². The van der Waals surface area contributed by atoms with Crippen molar-refractivity contribution in [2.24, 2.45) is 0 Å². The largest absolute Gasteiger partial charge is 0.325 e. The van der Waals surface area contributed by atoms with Gasteiger partial charge >= 0.3 is 0 Å². The molecule has 3 aromatic rings. The molecule has 1 atom stereocenters. The van der Waals surface area contributed by atoms with Gasteiger partial charge in [-0.1, -0.05) is 30.3 Å². The first-order chi connectivity index (χ1) is 13.8. The van der Waals surface area contributed by atoms with Crippen molar-refractivity contribution in [2.45, 2.75) is 17.4 Å². The van der Waals surface area contributed by atoms with Gasteiger partial charge in [0.05, 0.1) is 4.90 Å². The molecule has 0 saturated carbocycles. The van der Waals surface area contributed by atoms with Crippen LogP contribution in [0.5, 0.6) is 0 Å². The predicted molar refractivity (Wildman–Crippen MR) is 118 cm³/mol. The van der Waals surface area contributed by atoms with Crippen LogP contribution >= 0.6 is 22.6 Å². The van der Waals surface area contributed by atoms with Gasteiger partial charge < -0.3 is 5.32 Å². The average Bonchev–Trinajstić information content (AvgIpc) is 2.70. The van der Waals surface area contributed by atoms with Gasteiger partial charge in [-0.25, -0.2) is 12.8 Å². The Morgan fingerprint density at radius 3 is 2.17 bits per heavy atom. The number of sulfonamides is 1. The van der Waals surface area contributed by atoms with Crippen molar-refractivity contribution in [2.75, 3.05) is 5.32 Å². The lowest BCUT2D eigenvalue weighted by Crippen LogP contribution is -2.45. The Balaban J connectivity index is 1.84. The number of amides is 1. The highest BCUT2D eigenvalue weighted by molar-refractivity contribution is 14.1. The summed E-state index contributed by atoms with van der Waals surface area (Å²) in [6.07, 6.45) is 0.164. The topological polar surface area (TPSA) is 75.3 Å². The minimum absolute atomic E-state index is 0.0746. The summed E-state index contributed by atoms with van der Waals surface area (Å²) in [4.78, 5) is 12.9. The standard InChI is InChI=1S/C21H18FIN2O3S/c22-16-6-10-18(11-7-16)24-21(26)20(14-15-4-2-1-3-5-15)25-29(27,28)19-12-8-17(23)9-13-19/h1-13,20,25H,14H2,(H,24,26)/t20-/m1/s1. The van der Waals surface area contributed by atoms with E-state index in [9.17, 15) is 17.6 Å². The van der Waals surface area contributed by atoms with Gasteiger partial charge in [0.15, 0.2) is 0 Å². The highest BCUT2D eigenvalue weighted by Gasteiger charge is 2.26. The van der Waals surface area contributed by atoms with Crippen molar-refractivity contribution in [1.29, 1.82) is 0 Å². The summed E-state index contributed by atoms with van der Waals surface area (Å²) in [5, 5.41) is 2.64. The van der Waals surface area contributed by atoms with Crippen LogP contribution in [0.2, 0.25) is 0 Å². The molecule has 0 fully saturated rings. The fraction of sp³-hybridized carbons (Fsp3) is 0.0952. The van der Waals surface area contributed by atoms with Crippen molar-refractivity contribution >= 4 is 44.2 Å². The summed E-state index contributed by atoms with van der Waals surface area (Å²) in [6, 6.07) is 19.7. The van der Waals surface area contributed by atoms with E-state index in [2.05, 4.69) is 32.6 Å². The second-order valence-electron chi connectivity index (χ2n) is 6.31. The molecule has 0 unspecified atom stereocenters. The molecule has 0 radical (unpaired) electrons. The molecule has 8 heteroatoms. The summed E-state index contributed by atoms with van der Waals surface area (Å²) in [5.74, 6) is -0.960. The molecule has 0 spiro atoms. The van der Waals surface area contributed by atoms with Gasteiger partial charge in [0.2, 0.25) is 15.9 Å². The van der Waals surface area contributed by atoms with Gasteiger partial charge in [-0.15, -0.1) is 0 Å². The van der Waals surface area contributed by atoms with E-state index in [0.29, 0.717) is 5.69 Å². The lowest BCUT2D eigenvalue weighted by molar-refractivity contribution is -0.117. The Kier molecular flexibility index (Phi) is 6.99. The maximum Gasteiger partial charge on any atom is 0.242 e. The highest BCUT2D eigenvalue weighted by Crippen LogP contribution is 2.15. The van der Waals surface area contributed by atoms with Crippen LogP contribution in [0, 0.1) is 9.39 Å². The Hall–Kier alpha value is -2.30. The summed E-state index contributed by atoms with van der Waals surface area (Å²) >= 11 is 2.08. The Morgan fingerprint density at radius 1 is 0.931 bits per heavy atom. The molecule has 0 heterocycles. The maximum atomic E-state index is 13.1. The summed E-state index contributed by atoms with van der Waals surface area (Å²) < 4.78 is 42.1. The van der Waals surface area contributed by atoms with Crippen LogP contribution in [0.4, 0.5) is 10.1 Å². The number of rotatable bonds is 7. The molecule has 5 nitrogen and oxygen atoms in total. The Morgan fingerprint density at radius 2 is 1.55 bits per heavy atom. The quantitative estimate of drug-likeness (QED) is 0.460. The number of carbonyl (C=O) groups is 1. The van der Waals surface area contributed by atoms with Gasteiger partial charge in [-0.3, -0.25) is 4.79 Å². The molecule has 29 heavy (non-hydrogen) atoms. The summed E-state index contributed by atoms with van der Waals surface area (Å²) in [5.41, 5.74) is 1.18. The molecule has 0 aliphatic carbocycles. The third-order valence-electron chi connectivity index (χ3n) is 4.13.